The van der Waals surface area contributed by atoms with Gasteiger partial charge in [-0.25, -0.2) is 0 Å². The Morgan fingerprint density at radius 2 is 1.89 bits per heavy atom. The molecule has 0 aromatic heterocycles. The molecule has 0 heterocycles. The summed E-state index contributed by atoms with van der Waals surface area (Å²) in [4.78, 5) is 4.26. The fourth-order valence-corrected chi connectivity index (χ4v) is 3.81. The van der Waals surface area contributed by atoms with Gasteiger partial charge >= 0.3 is 0 Å². The van der Waals surface area contributed by atoms with Gasteiger partial charge in [-0.15, -0.1) is 0 Å². The molecular weight excluding hydrogens is 374 g/mol. The predicted molar refractivity (Wildman–Crippen MR) is 116 cm³/mol. The molecule has 0 saturated carbocycles. The van der Waals surface area contributed by atoms with E-state index >= 15 is 0 Å². The van der Waals surface area contributed by atoms with E-state index in [1.165, 1.54) is 0 Å². The Morgan fingerprint density at radius 1 is 1.14 bits per heavy atom. The molecule has 0 saturated heterocycles. The Kier molecular flexibility index (Phi) is 8.81. The standard InChI is InChI=1S/C21H29N3O3S/c1-16(19-14-18(26-3)10-11-20(19)27-4)24-21(22-2)23-12-13-28(25)15-17-8-6-5-7-9-17/h5-11,14,16H,12-13,15H2,1-4H3,(H2,22,23,24). The number of ether oxygens (including phenoxy) is 2. The molecule has 7 heteroatoms. The Balaban J connectivity index is 1.88. The summed E-state index contributed by atoms with van der Waals surface area (Å²) in [6, 6.07) is 15.5. The van der Waals surface area contributed by atoms with E-state index in [2.05, 4.69) is 15.6 Å². The smallest absolute Gasteiger partial charge is 0.191 e. The van der Waals surface area contributed by atoms with E-state index in [1.807, 2.05) is 55.5 Å². The number of hydrogen-bond acceptors (Lipinski definition) is 4. The van der Waals surface area contributed by atoms with Gasteiger partial charge in [0.1, 0.15) is 11.5 Å². The molecule has 0 bridgehead atoms. The maximum Gasteiger partial charge on any atom is 0.191 e. The summed E-state index contributed by atoms with van der Waals surface area (Å²) >= 11 is 0. The second kappa shape index (κ2) is 11.3. The summed E-state index contributed by atoms with van der Waals surface area (Å²) in [7, 11) is 4.07. The summed E-state index contributed by atoms with van der Waals surface area (Å²) in [6.07, 6.45) is 0. The maximum absolute atomic E-state index is 12.3. The average Bonchev–Trinajstić information content (AvgIpc) is 2.73. The summed E-state index contributed by atoms with van der Waals surface area (Å²) in [6.45, 7) is 2.60. The molecule has 2 N–H and O–H groups in total. The Labute approximate surface area is 169 Å². The Morgan fingerprint density at radius 3 is 2.54 bits per heavy atom. The first-order valence-corrected chi connectivity index (χ1v) is 10.6. The first-order chi connectivity index (χ1) is 13.6. The molecule has 0 aliphatic rings. The molecular formula is C21H29N3O3S. The van der Waals surface area contributed by atoms with E-state index in [4.69, 9.17) is 9.47 Å². The van der Waals surface area contributed by atoms with Crippen LogP contribution in [-0.2, 0) is 16.6 Å². The quantitative estimate of drug-likeness (QED) is 0.498. The van der Waals surface area contributed by atoms with Gasteiger partial charge in [0.25, 0.3) is 0 Å². The van der Waals surface area contributed by atoms with Crippen LogP contribution in [0.1, 0.15) is 24.1 Å². The molecule has 0 spiro atoms. The molecule has 28 heavy (non-hydrogen) atoms. The maximum atomic E-state index is 12.3. The van der Waals surface area contributed by atoms with E-state index in [-0.39, 0.29) is 6.04 Å². The van der Waals surface area contributed by atoms with Gasteiger partial charge in [-0.3, -0.25) is 9.20 Å². The minimum absolute atomic E-state index is 0.0499. The lowest BCUT2D eigenvalue weighted by atomic mass is 10.1. The van der Waals surface area contributed by atoms with Crippen molar-refractivity contribution in [1.82, 2.24) is 10.6 Å². The van der Waals surface area contributed by atoms with Gasteiger partial charge in [-0.05, 0) is 30.7 Å². The number of hydrogen-bond donors (Lipinski definition) is 2. The van der Waals surface area contributed by atoms with Crippen LogP contribution in [0.15, 0.2) is 53.5 Å². The number of methoxy groups -OCH3 is 2. The predicted octanol–water partition coefficient (Wildman–Crippen LogP) is 2.88. The highest BCUT2D eigenvalue weighted by atomic mass is 32.2. The molecule has 0 amide bonds. The monoisotopic (exact) mass is 403 g/mol. The Bertz CT molecular complexity index is 797. The lowest BCUT2D eigenvalue weighted by molar-refractivity contribution is 0.394. The number of aliphatic imine (C=N–C) groups is 1. The number of benzene rings is 2. The third kappa shape index (κ3) is 6.56. The fourth-order valence-electron chi connectivity index (χ4n) is 2.77. The van der Waals surface area contributed by atoms with Crippen molar-refractivity contribution >= 4 is 16.8 Å². The van der Waals surface area contributed by atoms with Crippen molar-refractivity contribution in [3.05, 3.63) is 59.7 Å². The Hall–Kier alpha value is -2.54. The summed E-state index contributed by atoms with van der Waals surface area (Å²) in [5.74, 6) is 3.30. The highest BCUT2D eigenvalue weighted by Gasteiger charge is 2.14. The summed E-state index contributed by atoms with van der Waals surface area (Å²) < 4.78 is 23.0. The fraction of sp³-hybridized carbons (Fsp3) is 0.381. The molecule has 2 atom stereocenters. The van der Waals surface area contributed by atoms with Crippen LogP contribution in [0.2, 0.25) is 0 Å². The van der Waals surface area contributed by atoms with Gasteiger partial charge in [0.05, 0.1) is 20.3 Å². The largest absolute Gasteiger partial charge is 0.497 e. The van der Waals surface area contributed by atoms with Crippen molar-refractivity contribution in [3.8, 4) is 11.5 Å². The van der Waals surface area contributed by atoms with E-state index in [0.717, 1.165) is 22.6 Å². The minimum atomic E-state index is -0.929. The van der Waals surface area contributed by atoms with E-state index in [1.54, 1.807) is 21.3 Å². The van der Waals surface area contributed by atoms with Gasteiger partial charge in [0.2, 0.25) is 0 Å². The van der Waals surface area contributed by atoms with Gasteiger partial charge < -0.3 is 20.1 Å². The number of guanidine groups is 1. The third-order valence-electron chi connectivity index (χ3n) is 4.27. The van der Waals surface area contributed by atoms with Crippen molar-refractivity contribution < 1.29 is 13.7 Å². The van der Waals surface area contributed by atoms with Crippen LogP contribution in [0, 0.1) is 0 Å². The molecule has 2 unspecified atom stereocenters. The second-order valence-electron chi connectivity index (χ2n) is 6.25. The SMILES string of the molecule is CN=C(NCCS(=O)Cc1ccccc1)NC(C)c1cc(OC)ccc1OC. The minimum Gasteiger partial charge on any atom is -0.497 e. The van der Waals surface area contributed by atoms with Crippen LogP contribution in [0.3, 0.4) is 0 Å². The molecule has 2 aromatic carbocycles. The molecule has 0 fully saturated rings. The van der Waals surface area contributed by atoms with Crippen molar-refractivity contribution in [1.29, 1.82) is 0 Å². The van der Waals surface area contributed by atoms with Crippen LogP contribution < -0.4 is 20.1 Å². The zero-order chi connectivity index (χ0) is 20.4. The molecule has 2 aromatic rings. The molecule has 2 rings (SSSR count). The van der Waals surface area contributed by atoms with Gasteiger partial charge in [-0.1, -0.05) is 30.3 Å². The summed E-state index contributed by atoms with van der Waals surface area (Å²) in [5, 5.41) is 6.56. The van der Waals surface area contributed by atoms with Crippen molar-refractivity contribution in [2.45, 2.75) is 18.7 Å². The number of nitrogens with zero attached hydrogens (tertiary/aromatic N) is 1. The van der Waals surface area contributed by atoms with Crippen LogP contribution in [0.4, 0.5) is 0 Å². The van der Waals surface area contributed by atoms with Crippen molar-refractivity contribution in [3.63, 3.8) is 0 Å². The van der Waals surface area contributed by atoms with E-state index < -0.39 is 10.8 Å². The van der Waals surface area contributed by atoms with Gasteiger partial charge in [-0.2, -0.15) is 0 Å². The van der Waals surface area contributed by atoms with Crippen LogP contribution in [0.25, 0.3) is 0 Å². The van der Waals surface area contributed by atoms with Crippen molar-refractivity contribution in [2.24, 2.45) is 4.99 Å². The van der Waals surface area contributed by atoms with E-state index in [9.17, 15) is 4.21 Å². The lowest BCUT2D eigenvalue weighted by Gasteiger charge is -2.20. The van der Waals surface area contributed by atoms with Crippen LogP contribution in [0.5, 0.6) is 11.5 Å². The van der Waals surface area contributed by atoms with Crippen LogP contribution in [-0.4, -0.2) is 43.7 Å². The highest BCUT2D eigenvalue weighted by molar-refractivity contribution is 7.84. The van der Waals surface area contributed by atoms with Crippen LogP contribution >= 0.6 is 0 Å². The molecule has 152 valence electrons. The highest BCUT2D eigenvalue weighted by Crippen LogP contribution is 2.29. The van der Waals surface area contributed by atoms with Gasteiger partial charge in [0.15, 0.2) is 5.96 Å². The molecule has 0 radical (unpaired) electrons. The van der Waals surface area contributed by atoms with Crippen molar-refractivity contribution in [2.75, 3.05) is 33.6 Å². The average molecular weight is 404 g/mol. The summed E-state index contributed by atoms with van der Waals surface area (Å²) in [5.41, 5.74) is 2.06. The van der Waals surface area contributed by atoms with E-state index in [0.29, 0.717) is 24.0 Å². The lowest BCUT2D eigenvalue weighted by Crippen LogP contribution is -2.40. The molecule has 0 aliphatic heterocycles. The first kappa shape index (κ1) is 21.8. The third-order valence-corrected chi connectivity index (χ3v) is 5.59. The normalized spacial score (nSPS) is 13.5. The topological polar surface area (TPSA) is 72.0 Å². The molecule has 6 nitrogen and oxygen atoms in total. The second-order valence-corrected chi connectivity index (χ2v) is 7.82. The first-order valence-electron chi connectivity index (χ1n) is 9.15. The van der Waals surface area contributed by atoms with Gasteiger partial charge in [0, 0.05) is 41.5 Å². The number of rotatable bonds is 9. The number of nitrogens with one attached hydrogen (secondary N) is 2. The zero-order valence-electron chi connectivity index (χ0n) is 16.9. The zero-order valence-corrected chi connectivity index (χ0v) is 17.7. The molecule has 0 aliphatic carbocycles.